The number of fused-ring (bicyclic) bond motifs is 2. The number of hydrogen-bond donors (Lipinski definition) is 2. The number of halogens is 1. The van der Waals surface area contributed by atoms with Crippen LogP contribution in [0.25, 0.3) is 11.0 Å². The molecule has 3 aliphatic rings. The average molecular weight is 498 g/mol. The van der Waals surface area contributed by atoms with Crippen LogP contribution in [-0.2, 0) is 28.9 Å². The molecule has 2 atom stereocenters. The Labute approximate surface area is 207 Å². The van der Waals surface area contributed by atoms with E-state index in [2.05, 4.69) is 26.5 Å². The third-order valence-corrected chi connectivity index (χ3v) is 7.53. The van der Waals surface area contributed by atoms with E-state index in [-0.39, 0.29) is 23.7 Å². The molecule has 3 aromatic rings. The predicted octanol–water partition coefficient (Wildman–Crippen LogP) is 1.68. The second kappa shape index (κ2) is 8.70. The van der Waals surface area contributed by atoms with Crippen molar-refractivity contribution in [2.45, 2.75) is 50.6 Å². The number of aromatic nitrogens is 4. The summed E-state index contributed by atoms with van der Waals surface area (Å²) in [7, 11) is 0. The number of ether oxygens (including phenoxy) is 2. The molecule has 2 fully saturated rings. The lowest BCUT2D eigenvalue weighted by Crippen LogP contribution is -2.47. The number of hydrogen-bond acceptors (Lipinski definition) is 8. The number of nitrogens with two attached hydrogens (primary N) is 1. The Balaban J connectivity index is 1.13. The van der Waals surface area contributed by atoms with Crippen LogP contribution in [0.15, 0.2) is 24.4 Å². The maximum absolute atomic E-state index is 12.9. The van der Waals surface area contributed by atoms with Gasteiger partial charge in [0, 0.05) is 36.4 Å². The number of carbonyl (C=O) groups excluding carboxylic acids is 1. The van der Waals surface area contributed by atoms with Crippen molar-refractivity contribution in [2.75, 3.05) is 31.2 Å². The molecular formula is C24H28ClN7O3. The maximum atomic E-state index is 12.9. The number of carbonyl (C=O) groups is 1. The number of amides is 1. The fraction of sp³-hybridized carbons (Fsp3) is 0.500. The maximum Gasteiger partial charge on any atom is 0.272 e. The Morgan fingerprint density at radius 1 is 1.31 bits per heavy atom. The summed E-state index contributed by atoms with van der Waals surface area (Å²) in [5.41, 5.74) is 9.47. The molecule has 2 unspecified atom stereocenters. The van der Waals surface area contributed by atoms with Crippen LogP contribution < -0.4 is 16.0 Å². The average Bonchev–Trinajstić information content (AvgIpc) is 3.57. The molecule has 0 aromatic carbocycles. The van der Waals surface area contributed by atoms with E-state index < -0.39 is 5.79 Å². The number of nitrogens with one attached hydrogen (secondary N) is 1. The fourth-order valence-corrected chi connectivity index (χ4v) is 5.58. The number of anilines is 1. The molecule has 0 radical (unpaired) electrons. The molecule has 11 heteroatoms. The minimum Gasteiger partial charge on any atom is -0.349 e. The van der Waals surface area contributed by atoms with Crippen molar-refractivity contribution in [3.8, 4) is 0 Å². The summed E-state index contributed by atoms with van der Waals surface area (Å²) in [6, 6.07) is 5.62. The zero-order valence-corrected chi connectivity index (χ0v) is 20.3. The molecule has 2 saturated heterocycles. The van der Waals surface area contributed by atoms with Crippen molar-refractivity contribution in [3.63, 3.8) is 0 Å². The number of pyridine rings is 1. The molecule has 1 aliphatic carbocycles. The highest BCUT2D eigenvalue weighted by molar-refractivity contribution is 6.35. The highest BCUT2D eigenvalue weighted by Gasteiger charge is 2.50. The van der Waals surface area contributed by atoms with Gasteiger partial charge in [-0.15, -0.1) is 10.2 Å². The molecule has 1 amide bonds. The Morgan fingerprint density at radius 2 is 2.14 bits per heavy atom. The van der Waals surface area contributed by atoms with Crippen LogP contribution in [0.3, 0.4) is 0 Å². The molecule has 2 aliphatic heterocycles. The number of aryl methyl sites for hydroxylation is 2. The van der Waals surface area contributed by atoms with Crippen LogP contribution >= 0.6 is 11.6 Å². The van der Waals surface area contributed by atoms with Gasteiger partial charge >= 0.3 is 0 Å². The van der Waals surface area contributed by atoms with E-state index in [1.165, 1.54) is 0 Å². The first-order chi connectivity index (χ1) is 17.0. The molecular weight excluding hydrogens is 470 g/mol. The first kappa shape index (κ1) is 22.7. The lowest BCUT2D eigenvalue weighted by molar-refractivity contribution is -0.147. The SMILES string of the molecule is CCn1cc(Cl)c2cc(C(=O)NC3CCc4nc(N5CC(N)C6(C5)OCCO6)ccc4C3)nnc21. The first-order valence-corrected chi connectivity index (χ1v) is 12.4. The van der Waals surface area contributed by atoms with Crippen molar-refractivity contribution >= 4 is 34.4 Å². The third-order valence-electron chi connectivity index (χ3n) is 7.22. The van der Waals surface area contributed by atoms with Gasteiger partial charge in [0.25, 0.3) is 5.91 Å². The van der Waals surface area contributed by atoms with Gasteiger partial charge < -0.3 is 30.0 Å². The van der Waals surface area contributed by atoms with Crippen LogP contribution in [0.5, 0.6) is 0 Å². The lowest BCUT2D eigenvalue weighted by Gasteiger charge is -2.27. The van der Waals surface area contributed by atoms with E-state index in [1.807, 2.05) is 23.8 Å². The zero-order valence-electron chi connectivity index (χ0n) is 19.5. The minimum atomic E-state index is -0.720. The van der Waals surface area contributed by atoms with Gasteiger partial charge in [0.15, 0.2) is 11.3 Å². The standard InChI is InChI=1S/C24H28ClN7O3/c1-2-31-11-17(25)16-10-19(29-30-22(16)31)23(33)27-15-4-5-18-14(9-15)3-6-21(28-18)32-12-20(26)24(13-32)34-7-8-35-24/h3,6,10-11,15,20H,2,4-5,7-9,12-13,26H2,1H3,(H,27,33). The Bertz CT molecular complexity index is 1290. The van der Waals surface area contributed by atoms with Crippen molar-refractivity contribution < 1.29 is 14.3 Å². The van der Waals surface area contributed by atoms with Gasteiger partial charge in [-0.25, -0.2) is 4.98 Å². The van der Waals surface area contributed by atoms with Crippen LogP contribution in [0.2, 0.25) is 5.02 Å². The van der Waals surface area contributed by atoms with Crippen molar-refractivity contribution in [3.05, 3.63) is 46.4 Å². The van der Waals surface area contributed by atoms with Gasteiger partial charge in [-0.3, -0.25) is 4.79 Å². The summed E-state index contributed by atoms with van der Waals surface area (Å²) in [5, 5.41) is 12.8. The second-order valence-electron chi connectivity index (χ2n) is 9.41. The van der Waals surface area contributed by atoms with Gasteiger partial charge in [0.2, 0.25) is 5.79 Å². The summed E-state index contributed by atoms with van der Waals surface area (Å²) in [6.45, 7) is 5.10. The highest BCUT2D eigenvalue weighted by Crippen LogP contribution is 2.33. The smallest absolute Gasteiger partial charge is 0.272 e. The summed E-state index contributed by atoms with van der Waals surface area (Å²) in [6.07, 6.45) is 4.10. The van der Waals surface area contributed by atoms with Crippen LogP contribution in [-0.4, -0.2) is 69.8 Å². The minimum absolute atomic E-state index is 0.000346. The van der Waals surface area contributed by atoms with Crippen molar-refractivity contribution in [2.24, 2.45) is 5.73 Å². The fourth-order valence-electron chi connectivity index (χ4n) is 5.33. The largest absolute Gasteiger partial charge is 0.349 e. The monoisotopic (exact) mass is 497 g/mol. The zero-order chi connectivity index (χ0) is 24.2. The van der Waals surface area contributed by atoms with Crippen LogP contribution in [0.4, 0.5) is 5.82 Å². The normalized spacial score (nSPS) is 23.2. The lowest BCUT2D eigenvalue weighted by atomic mass is 9.91. The van der Waals surface area contributed by atoms with Gasteiger partial charge in [0.05, 0.1) is 30.8 Å². The van der Waals surface area contributed by atoms with E-state index in [0.29, 0.717) is 43.4 Å². The highest BCUT2D eigenvalue weighted by atomic mass is 35.5. The molecule has 10 nitrogen and oxygen atoms in total. The predicted molar refractivity (Wildman–Crippen MR) is 131 cm³/mol. The van der Waals surface area contributed by atoms with Crippen LogP contribution in [0, 0.1) is 0 Å². The third kappa shape index (κ3) is 3.94. The van der Waals surface area contributed by atoms with E-state index >= 15 is 0 Å². The number of nitrogens with zero attached hydrogens (tertiary/aromatic N) is 5. The topological polar surface area (TPSA) is 120 Å². The summed E-state index contributed by atoms with van der Waals surface area (Å²) < 4.78 is 13.6. The molecule has 184 valence electrons. The van der Waals surface area contributed by atoms with E-state index in [0.717, 1.165) is 41.8 Å². The molecule has 5 heterocycles. The van der Waals surface area contributed by atoms with Crippen molar-refractivity contribution in [1.29, 1.82) is 0 Å². The Morgan fingerprint density at radius 3 is 2.94 bits per heavy atom. The Hall–Kier alpha value is -2.79. The summed E-state index contributed by atoms with van der Waals surface area (Å²) in [5.74, 6) is -0.0785. The first-order valence-electron chi connectivity index (χ1n) is 12.1. The van der Waals surface area contributed by atoms with Gasteiger partial charge in [-0.2, -0.15) is 0 Å². The molecule has 35 heavy (non-hydrogen) atoms. The van der Waals surface area contributed by atoms with Gasteiger partial charge in [0.1, 0.15) is 5.82 Å². The molecule has 0 bridgehead atoms. The van der Waals surface area contributed by atoms with Crippen LogP contribution in [0.1, 0.15) is 35.1 Å². The van der Waals surface area contributed by atoms with E-state index in [4.69, 9.17) is 31.8 Å². The molecule has 1 spiro atoms. The molecule has 6 rings (SSSR count). The molecule has 0 saturated carbocycles. The van der Waals surface area contributed by atoms with E-state index in [9.17, 15) is 4.79 Å². The second-order valence-corrected chi connectivity index (χ2v) is 9.82. The van der Waals surface area contributed by atoms with E-state index in [1.54, 1.807) is 6.07 Å². The molecule has 3 N–H and O–H groups in total. The van der Waals surface area contributed by atoms with Crippen molar-refractivity contribution in [1.82, 2.24) is 25.1 Å². The van der Waals surface area contributed by atoms with Gasteiger partial charge in [-0.05, 0) is 43.9 Å². The molecule has 3 aromatic heterocycles. The summed E-state index contributed by atoms with van der Waals surface area (Å²) >= 11 is 6.33. The number of rotatable bonds is 4. The quantitative estimate of drug-likeness (QED) is 0.558. The van der Waals surface area contributed by atoms with Gasteiger partial charge in [-0.1, -0.05) is 17.7 Å². The summed E-state index contributed by atoms with van der Waals surface area (Å²) in [4.78, 5) is 20.0. The Kier molecular flexibility index (Phi) is 5.63.